The van der Waals surface area contributed by atoms with Crippen LogP contribution in [0.15, 0.2) is 91.3 Å². The molecule has 0 saturated carbocycles. The zero-order valence-electron chi connectivity index (χ0n) is 15.7. The Morgan fingerprint density at radius 3 is 2.20 bits per heavy atom. The van der Waals surface area contributed by atoms with Crippen LogP contribution >= 0.6 is 22.6 Å². The van der Waals surface area contributed by atoms with Crippen molar-refractivity contribution in [1.29, 1.82) is 0 Å². The molecule has 2 aromatic heterocycles. The smallest absolute Gasteiger partial charge is 0.209 e. The van der Waals surface area contributed by atoms with Crippen molar-refractivity contribution in [2.45, 2.75) is 0 Å². The van der Waals surface area contributed by atoms with Crippen molar-refractivity contribution in [3.8, 4) is 0 Å². The average molecular weight is 502 g/mol. The molecule has 0 aliphatic heterocycles. The molecule has 0 unspecified atom stereocenters. The van der Waals surface area contributed by atoms with Crippen LogP contribution in [-0.4, -0.2) is 21.0 Å². The molecule has 5 aromatic rings. The van der Waals surface area contributed by atoms with E-state index in [9.17, 15) is 9.59 Å². The van der Waals surface area contributed by atoms with Crippen molar-refractivity contribution in [2.75, 3.05) is 0 Å². The van der Waals surface area contributed by atoms with Crippen LogP contribution in [0.5, 0.6) is 0 Å². The Kier molecular flexibility index (Phi) is 4.67. The molecular weight excluding hydrogens is 487 g/mol. The molecule has 0 spiro atoms. The van der Waals surface area contributed by atoms with Gasteiger partial charge in [-0.15, -0.1) is 0 Å². The van der Waals surface area contributed by atoms with E-state index in [-0.39, 0.29) is 11.6 Å². The molecule has 0 aliphatic carbocycles. The van der Waals surface area contributed by atoms with Crippen LogP contribution in [0.3, 0.4) is 0 Å². The summed E-state index contributed by atoms with van der Waals surface area (Å²) in [5.74, 6) is -0.267. The second-order valence-electron chi connectivity index (χ2n) is 6.95. The number of rotatable bonds is 4. The first-order chi connectivity index (χ1) is 14.6. The van der Waals surface area contributed by atoms with E-state index in [1.807, 2.05) is 54.6 Å². The molecule has 0 atom stereocenters. The van der Waals surface area contributed by atoms with E-state index in [2.05, 4.69) is 27.6 Å². The van der Waals surface area contributed by atoms with Crippen molar-refractivity contribution in [1.82, 2.24) is 9.38 Å². The second-order valence-corrected chi connectivity index (χ2v) is 8.20. The third-order valence-corrected chi connectivity index (χ3v) is 5.85. The molecule has 0 aliphatic rings. The number of fused-ring (bicyclic) bond motifs is 3. The zero-order valence-corrected chi connectivity index (χ0v) is 17.9. The van der Waals surface area contributed by atoms with E-state index in [1.165, 1.54) is 0 Å². The van der Waals surface area contributed by atoms with Crippen LogP contribution in [-0.2, 0) is 0 Å². The predicted octanol–water partition coefficient (Wildman–Crippen LogP) is 5.55. The Bertz CT molecular complexity index is 1420. The number of carbonyl (C=O) groups excluding carboxylic acids is 2. The van der Waals surface area contributed by atoms with Gasteiger partial charge in [-0.25, -0.2) is 4.98 Å². The summed E-state index contributed by atoms with van der Waals surface area (Å²) in [4.78, 5) is 31.2. The summed E-state index contributed by atoms with van der Waals surface area (Å²) in [6.07, 6.45) is 1.62. The number of carbonyl (C=O) groups is 2. The molecule has 144 valence electrons. The largest absolute Gasteiger partial charge is 0.296 e. The topological polar surface area (TPSA) is 51.4 Å². The van der Waals surface area contributed by atoms with Crippen LogP contribution in [0.25, 0.3) is 16.4 Å². The third-order valence-electron chi connectivity index (χ3n) is 5.13. The van der Waals surface area contributed by atoms with Crippen molar-refractivity contribution in [3.63, 3.8) is 0 Å². The highest BCUT2D eigenvalue weighted by Crippen LogP contribution is 2.28. The van der Waals surface area contributed by atoms with Crippen LogP contribution < -0.4 is 0 Å². The maximum absolute atomic E-state index is 13.4. The summed E-state index contributed by atoms with van der Waals surface area (Å²) in [6, 6.07) is 25.9. The SMILES string of the molecule is O=C(c1ccccc1)c1cc(C(=O)c2ccc(I)cc2)n2cnc3ccccc3c12. The Hall–Kier alpha value is -3.32. The minimum Gasteiger partial charge on any atom is -0.296 e. The number of para-hydroxylation sites is 1. The summed E-state index contributed by atoms with van der Waals surface area (Å²) >= 11 is 2.21. The van der Waals surface area contributed by atoms with E-state index < -0.39 is 0 Å². The lowest BCUT2D eigenvalue weighted by Gasteiger charge is -2.06. The molecule has 0 radical (unpaired) electrons. The monoisotopic (exact) mass is 502 g/mol. The maximum Gasteiger partial charge on any atom is 0.209 e. The average Bonchev–Trinajstić information content (AvgIpc) is 3.19. The summed E-state index contributed by atoms with van der Waals surface area (Å²) in [5.41, 5.74) is 3.54. The molecular formula is C25H15IN2O2. The maximum atomic E-state index is 13.4. The minimum atomic E-state index is -0.148. The molecule has 0 saturated heterocycles. The van der Waals surface area contributed by atoms with E-state index in [0.717, 1.165) is 14.5 Å². The van der Waals surface area contributed by atoms with Gasteiger partial charge >= 0.3 is 0 Å². The van der Waals surface area contributed by atoms with Crippen molar-refractivity contribution < 1.29 is 9.59 Å². The van der Waals surface area contributed by atoms with Crippen molar-refractivity contribution >= 4 is 50.6 Å². The molecule has 0 N–H and O–H groups in total. The zero-order chi connectivity index (χ0) is 20.7. The van der Waals surface area contributed by atoms with Gasteiger partial charge < -0.3 is 0 Å². The number of nitrogens with zero attached hydrogens (tertiary/aromatic N) is 2. The van der Waals surface area contributed by atoms with E-state index >= 15 is 0 Å². The number of aromatic nitrogens is 2. The molecule has 0 fully saturated rings. The summed E-state index contributed by atoms with van der Waals surface area (Å²) in [5, 5.41) is 0.834. The van der Waals surface area contributed by atoms with E-state index in [0.29, 0.717) is 27.9 Å². The molecule has 2 heterocycles. The van der Waals surface area contributed by atoms with Gasteiger partial charge in [0.2, 0.25) is 5.78 Å². The van der Waals surface area contributed by atoms with Gasteiger partial charge in [-0.05, 0) is 59.0 Å². The predicted molar refractivity (Wildman–Crippen MR) is 125 cm³/mol. The van der Waals surface area contributed by atoms with Gasteiger partial charge in [-0.2, -0.15) is 0 Å². The van der Waals surface area contributed by atoms with E-state index in [4.69, 9.17) is 0 Å². The summed E-state index contributed by atoms with van der Waals surface area (Å²) in [7, 11) is 0. The molecule has 3 aromatic carbocycles. The van der Waals surface area contributed by atoms with Crippen LogP contribution in [0.4, 0.5) is 0 Å². The van der Waals surface area contributed by atoms with Gasteiger partial charge in [0, 0.05) is 25.6 Å². The van der Waals surface area contributed by atoms with Crippen molar-refractivity contribution in [2.24, 2.45) is 0 Å². The van der Waals surface area contributed by atoms with Gasteiger partial charge in [0.25, 0.3) is 0 Å². The van der Waals surface area contributed by atoms with Gasteiger partial charge in [-0.1, -0.05) is 48.5 Å². The first-order valence-corrected chi connectivity index (χ1v) is 10.5. The molecule has 4 nitrogen and oxygen atoms in total. The minimum absolute atomic E-state index is 0.119. The van der Waals surface area contributed by atoms with E-state index in [1.54, 1.807) is 41.1 Å². The standard InChI is InChI=1S/C25H15IN2O2/c26-18-12-10-17(11-13-18)25(30)22-14-20(24(29)16-6-2-1-3-7-16)23-19-8-4-5-9-21(19)27-15-28(22)23/h1-15H. The molecule has 0 bridgehead atoms. The lowest BCUT2D eigenvalue weighted by molar-refractivity contribution is 0.103. The fourth-order valence-corrected chi connectivity index (χ4v) is 4.03. The normalized spacial score (nSPS) is 11.1. The van der Waals surface area contributed by atoms with Crippen LogP contribution in [0.1, 0.15) is 32.0 Å². The fraction of sp³-hybridized carbons (Fsp3) is 0. The van der Waals surface area contributed by atoms with Gasteiger partial charge in [0.15, 0.2) is 5.78 Å². The first kappa shape index (κ1) is 18.7. The Morgan fingerprint density at radius 2 is 1.43 bits per heavy atom. The van der Waals surface area contributed by atoms with Crippen LogP contribution in [0, 0.1) is 3.57 Å². The number of hydrogen-bond donors (Lipinski definition) is 0. The first-order valence-electron chi connectivity index (χ1n) is 9.42. The Labute approximate surface area is 186 Å². The molecule has 5 heteroatoms. The quantitative estimate of drug-likeness (QED) is 0.239. The molecule has 5 rings (SSSR count). The fourth-order valence-electron chi connectivity index (χ4n) is 3.67. The Balaban J connectivity index is 1.79. The molecule has 0 amide bonds. The van der Waals surface area contributed by atoms with Gasteiger partial charge in [0.05, 0.1) is 16.7 Å². The van der Waals surface area contributed by atoms with Crippen molar-refractivity contribution in [3.05, 3.63) is 117 Å². The second kappa shape index (κ2) is 7.50. The highest BCUT2D eigenvalue weighted by Gasteiger charge is 2.23. The summed E-state index contributed by atoms with van der Waals surface area (Å²) < 4.78 is 2.79. The highest BCUT2D eigenvalue weighted by molar-refractivity contribution is 14.1. The van der Waals surface area contributed by atoms with Gasteiger partial charge in [0.1, 0.15) is 6.33 Å². The number of benzene rings is 3. The lowest BCUT2D eigenvalue weighted by Crippen LogP contribution is -2.05. The summed E-state index contributed by atoms with van der Waals surface area (Å²) in [6.45, 7) is 0. The number of hydrogen-bond acceptors (Lipinski definition) is 3. The Morgan fingerprint density at radius 1 is 0.767 bits per heavy atom. The number of halogens is 1. The number of ketones is 2. The third kappa shape index (κ3) is 3.11. The van der Waals surface area contributed by atoms with Crippen LogP contribution in [0.2, 0.25) is 0 Å². The highest BCUT2D eigenvalue weighted by atomic mass is 127. The molecule has 30 heavy (non-hydrogen) atoms. The van der Waals surface area contributed by atoms with Gasteiger partial charge in [-0.3, -0.25) is 14.0 Å². The lowest BCUT2D eigenvalue weighted by atomic mass is 10.0.